The van der Waals surface area contributed by atoms with Gasteiger partial charge in [0.05, 0.1) is 12.0 Å². The molecule has 0 aliphatic carbocycles. The number of rotatable bonds is 11. The Kier molecular flexibility index (Phi) is 8.84. The lowest BCUT2D eigenvalue weighted by Gasteiger charge is -2.12. The molecule has 0 aliphatic rings. The van der Waals surface area contributed by atoms with Crippen molar-refractivity contribution < 1.29 is 24.3 Å². The number of aliphatic carboxylic acids is 1. The summed E-state index contributed by atoms with van der Waals surface area (Å²) in [5, 5.41) is 30.3. The topological polar surface area (TPSA) is 130 Å². The number of ether oxygens (including phenoxy) is 2. The Bertz CT molecular complexity index is 1520. The van der Waals surface area contributed by atoms with Gasteiger partial charge < -0.3 is 19.1 Å². The van der Waals surface area contributed by atoms with E-state index < -0.39 is 10.9 Å². The number of carbonyl (C=O) groups is 1. The number of benzene rings is 3. The first-order valence-electron chi connectivity index (χ1n) is 11.6. The summed E-state index contributed by atoms with van der Waals surface area (Å²) in [6.45, 7) is 2.63. The summed E-state index contributed by atoms with van der Waals surface area (Å²) in [6.07, 6.45) is 1.52. The molecule has 0 spiro atoms. The molecule has 0 bridgehead atoms. The van der Waals surface area contributed by atoms with Gasteiger partial charge >= 0.3 is 5.97 Å². The van der Waals surface area contributed by atoms with Crippen LogP contribution in [-0.2, 0) is 17.9 Å². The van der Waals surface area contributed by atoms with Crippen molar-refractivity contribution in [1.82, 2.24) is 14.8 Å². The molecule has 3 aromatic carbocycles. The van der Waals surface area contributed by atoms with Crippen molar-refractivity contribution in [2.75, 3.05) is 7.11 Å². The van der Waals surface area contributed by atoms with Crippen molar-refractivity contribution >= 4 is 41.1 Å². The number of halogens is 1. The number of nitro groups is 1. The van der Waals surface area contributed by atoms with Crippen LogP contribution in [0.4, 0.5) is 5.69 Å². The van der Waals surface area contributed by atoms with Crippen LogP contribution in [0.5, 0.6) is 11.5 Å². The Balaban J connectivity index is 1.54. The van der Waals surface area contributed by atoms with Crippen LogP contribution >= 0.6 is 23.4 Å². The fourth-order valence-electron chi connectivity index (χ4n) is 3.61. The molecule has 0 saturated heterocycles. The molecule has 1 N–H and O–H groups in total. The third-order valence-corrected chi connectivity index (χ3v) is 6.82. The molecule has 1 aromatic heterocycles. The minimum atomic E-state index is -1.11. The SMILES string of the molecule is CCn1c(S/C(=C\c2ccc(OCc3ccc([N+](=O)[O-])cc3)c(OC)c2)C(=O)O)nnc1-c1ccc(Cl)cc1. The largest absolute Gasteiger partial charge is 0.493 e. The van der Waals surface area contributed by atoms with Crippen LogP contribution in [0.1, 0.15) is 18.1 Å². The van der Waals surface area contributed by atoms with Gasteiger partial charge in [-0.05, 0) is 84.4 Å². The molecule has 39 heavy (non-hydrogen) atoms. The molecule has 0 amide bonds. The fourth-order valence-corrected chi connectivity index (χ4v) is 4.63. The van der Waals surface area contributed by atoms with Gasteiger partial charge in [0, 0.05) is 29.3 Å². The standard InChI is InChI=1S/C27H23ClN4O6S/c1-3-31-25(19-7-9-20(28)10-8-19)29-30-27(31)39-24(26(33)34)15-18-6-13-22(23(14-18)37-2)38-16-17-4-11-21(12-5-17)32(35)36/h4-15H,3,16H2,1-2H3,(H,33,34)/b24-15-. The van der Waals surface area contributed by atoms with Crippen molar-refractivity contribution in [3.05, 3.63) is 97.9 Å². The minimum absolute atomic E-state index is 0.00188. The van der Waals surface area contributed by atoms with Crippen LogP contribution in [0.15, 0.2) is 76.8 Å². The highest BCUT2D eigenvalue weighted by atomic mass is 35.5. The maximum Gasteiger partial charge on any atom is 0.342 e. The zero-order valence-electron chi connectivity index (χ0n) is 20.9. The maximum absolute atomic E-state index is 12.1. The molecule has 0 aliphatic heterocycles. The van der Waals surface area contributed by atoms with Gasteiger partial charge in [-0.15, -0.1) is 10.2 Å². The molecule has 0 atom stereocenters. The maximum atomic E-state index is 12.1. The second-order valence-corrected chi connectivity index (χ2v) is 9.54. The zero-order chi connectivity index (χ0) is 27.9. The molecule has 1 heterocycles. The predicted octanol–water partition coefficient (Wildman–Crippen LogP) is 6.33. The number of carboxylic acid groups (broad SMARTS) is 1. The lowest BCUT2D eigenvalue weighted by Crippen LogP contribution is -2.03. The predicted molar refractivity (Wildman–Crippen MR) is 148 cm³/mol. The molecule has 200 valence electrons. The van der Waals surface area contributed by atoms with E-state index >= 15 is 0 Å². The average Bonchev–Trinajstić information content (AvgIpc) is 3.34. The first-order valence-corrected chi connectivity index (χ1v) is 12.8. The number of aromatic nitrogens is 3. The molecule has 12 heteroatoms. The Hall–Kier alpha value is -4.35. The van der Waals surface area contributed by atoms with E-state index in [1.165, 1.54) is 25.3 Å². The fraction of sp³-hybridized carbons (Fsp3) is 0.148. The third kappa shape index (κ3) is 6.75. The molecule has 0 radical (unpaired) electrons. The van der Waals surface area contributed by atoms with Crippen LogP contribution < -0.4 is 9.47 Å². The van der Waals surface area contributed by atoms with Crippen molar-refractivity contribution in [3.63, 3.8) is 0 Å². The molecule has 0 saturated carbocycles. The number of methoxy groups -OCH3 is 1. The van der Waals surface area contributed by atoms with E-state index in [1.54, 1.807) is 42.5 Å². The highest BCUT2D eigenvalue weighted by Crippen LogP contribution is 2.34. The van der Waals surface area contributed by atoms with Crippen LogP contribution in [0.3, 0.4) is 0 Å². The summed E-state index contributed by atoms with van der Waals surface area (Å²) in [5.41, 5.74) is 2.14. The summed E-state index contributed by atoms with van der Waals surface area (Å²) in [6, 6.07) is 18.3. The average molecular weight is 567 g/mol. The number of hydrogen-bond donors (Lipinski definition) is 1. The molecule has 4 rings (SSSR count). The second-order valence-electron chi connectivity index (χ2n) is 8.10. The van der Waals surface area contributed by atoms with Crippen LogP contribution in [0.25, 0.3) is 17.5 Å². The van der Waals surface area contributed by atoms with Crippen LogP contribution in [0, 0.1) is 10.1 Å². The van der Waals surface area contributed by atoms with E-state index in [1.807, 2.05) is 23.6 Å². The van der Waals surface area contributed by atoms with Crippen molar-refractivity contribution in [1.29, 1.82) is 0 Å². The molecule has 10 nitrogen and oxygen atoms in total. The number of hydrogen-bond acceptors (Lipinski definition) is 8. The lowest BCUT2D eigenvalue weighted by atomic mass is 10.2. The molecular formula is C27H23ClN4O6S. The first kappa shape index (κ1) is 27.7. The Morgan fingerprint density at radius 2 is 1.82 bits per heavy atom. The number of thioether (sulfide) groups is 1. The number of non-ortho nitro benzene ring substituents is 1. The van der Waals surface area contributed by atoms with Gasteiger partial charge in [0.25, 0.3) is 5.69 Å². The minimum Gasteiger partial charge on any atom is -0.493 e. The summed E-state index contributed by atoms with van der Waals surface area (Å²) in [5.74, 6) is 0.340. The Morgan fingerprint density at radius 1 is 1.10 bits per heavy atom. The molecule has 0 unspecified atom stereocenters. The quantitative estimate of drug-likeness (QED) is 0.0957. The molecule has 0 fully saturated rings. The summed E-state index contributed by atoms with van der Waals surface area (Å²) in [4.78, 5) is 22.5. The monoisotopic (exact) mass is 566 g/mol. The number of nitrogens with zero attached hydrogens (tertiary/aromatic N) is 4. The number of nitro benzene ring substituents is 1. The smallest absolute Gasteiger partial charge is 0.342 e. The van der Waals surface area contributed by atoms with E-state index in [4.69, 9.17) is 21.1 Å². The Labute approximate surface area is 233 Å². The molecular weight excluding hydrogens is 544 g/mol. The number of carboxylic acids is 1. The van der Waals surface area contributed by atoms with Crippen molar-refractivity contribution in [2.24, 2.45) is 0 Å². The molecule has 4 aromatic rings. The summed E-state index contributed by atoms with van der Waals surface area (Å²) >= 11 is 6.99. The van der Waals surface area contributed by atoms with Gasteiger partial charge in [0.15, 0.2) is 22.5 Å². The highest BCUT2D eigenvalue weighted by molar-refractivity contribution is 8.04. The van der Waals surface area contributed by atoms with Gasteiger partial charge in [-0.2, -0.15) is 0 Å². The zero-order valence-corrected chi connectivity index (χ0v) is 22.5. The summed E-state index contributed by atoms with van der Waals surface area (Å²) < 4.78 is 13.1. The Morgan fingerprint density at radius 3 is 2.44 bits per heavy atom. The van der Waals surface area contributed by atoms with Gasteiger partial charge in [0.1, 0.15) is 11.5 Å². The van der Waals surface area contributed by atoms with Gasteiger partial charge in [0.2, 0.25) is 0 Å². The second kappa shape index (κ2) is 12.5. The van der Waals surface area contributed by atoms with Crippen LogP contribution in [0.2, 0.25) is 5.02 Å². The van der Waals surface area contributed by atoms with Crippen molar-refractivity contribution in [2.45, 2.75) is 25.2 Å². The van der Waals surface area contributed by atoms with Gasteiger partial charge in [-0.3, -0.25) is 10.1 Å². The normalized spacial score (nSPS) is 11.3. The van der Waals surface area contributed by atoms with Crippen molar-refractivity contribution in [3.8, 4) is 22.9 Å². The van der Waals surface area contributed by atoms with E-state index in [-0.39, 0.29) is 17.2 Å². The van der Waals surface area contributed by atoms with E-state index in [2.05, 4.69) is 10.2 Å². The summed E-state index contributed by atoms with van der Waals surface area (Å²) in [7, 11) is 1.48. The van der Waals surface area contributed by atoms with Gasteiger partial charge in [-0.25, -0.2) is 4.79 Å². The lowest BCUT2D eigenvalue weighted by molar-refractivity contribution is -0.384. The first-order chi connectivity index (χ1) is 18.8. The van der Waals surface area contributed by atoms with E-state index in [0.717, 1.165) is 22.9 Å². The van der Waals surface area contributed by atoms with E-state index in [9.17, 15) is 20.0 Å². The van der Waals surface area contributed by atoms with Crippen LogP contribution in [-0.4, -0.2) is 37.9 Å². The van der Waals surface area contributed by atoms with E-state index in [0.29, 0.717) is 39.6 Å². The third-order valence-electron chi connectivity index (χ3n) is 5.57. The van der Waals surface area contributed by atoms with Gasteiger partial charge in [-0.1, -0.05) is 17.7 Å². The highest BCUT2D eigenvalue weighted by Gasteiger charge is 2.19.